The molecule has 190 valence electrons. The van der Waals surface area contributed by atoms with E-state index < -0.39 is 28.9 Å². The number of methoxy groups -OCH3 is 1. The second-order valence-corrected chi connectivity index (χ2v) is 12.0. The standard InChI is InChI=1S/C28H30O8/c1-13(2)26-20(35-26)21-28(36-21)25(3)10-9-16-17(12-32-23(16)30)18(25)11-19-27(28,34-19)24(26)33-22(29)14-5-7-15(31-4)8-6-14/h5-8,13,18-21,24H,9-12H2,1-4H3/t18-,19+,20-,21-,24-,25+,26-,27?,28?/m1/s1. The molecule has 5 fully saturated rings. The molecule has 2 saturated carbocycles. The number of carbonyl (C=O) groups is 2. The minimum absolute atomic E-state index is 0.103. The van der Waals surface area contributed by atoms with E-state index in [1.807, 2.05) is 0 Å². The molecule has 0 aromatic heterocycles. The summed E-state index contributed by atoms with van der Waals surface area (Å²) in [6, 6.07) is 6.95. The molecule has 0 bridgehead atoms. The highest BCUT2D eigenvalue weighted by Gasteiger charge is 3.01. The van der Waals surface area contributed by atoms with Gasteiger partial charge >= 0.3 is 11.9 Å². The van der Waals surface area contributed by atoms with Gasteiger partial charge in [0.15, 0.2) is 11.7 Å². The number of rotatable bonds is 4. The summed E-state index contributed by atoms with van der Waals surface area (Å²) < 4.78 is 37.0. The molecule has 0 N–H and O–H groups in total. The SMILES string of the molecule is COc1ccc(C(=O)O[C@H]2C34O[C@H]3C[C@@H]3C5=C(CC[C@]3(C)C43O[C@@H]3[C@H]3O[C@]32C(C)C)C(=O)OC5)cc1. The van der Waals surface area contributed by atoms with E-state index in [4.69, 9.17) is 28.4 Å². The third-order valence-corrected chi connectivity index (χ3v) is 10.6. The van der Waals surface area contributed by atoms with Gasteiger partial charge in [-0.2, -0.15) is 0 Å². The van der Waals surface area contributed by atoms with Gasteiger partial charge in [0.1, 0.15) is 35.8 Å². The fraction of sp³-hybridized carbons (Fsp3) is 0.643. The van der Waals surface area contributed by atoms with Crippen LogP contribution < -0.4 is 4.74 Å². The first kappa shape index (κ1) is 21.6. The van der Waals surface area contributed by atoms with E-state index in [0.717, 1.165) is 24.0 Å². The van der Waals surface area contributed by atoms with Gasteiger partial charge in [-0.1, -0.05) is 20.8 Å². The predicted molar refractivity (Wildman–Crippen MR) is 123 cm³/mol. The molecule has 2 unspecified atom stereocenters. The van der Waals surface area contributed by atoms with Crippen LogP contribution >= 0.6 is 0 Å². The van der Waals surface area contributed by atoms with Crippen molar-refractivity contribution in [2.24, 2.45) is 17.3 Å². The summed E-state index contributed by atoms with van der Waals surface area (Å²) in [6.07, 6.45) is 1.29. The van der Waals surface area contributed by atoms with Crippen molar-refractivity contribution < 1.29 is 38.0 Å². The summed E-state index contributed by atoms with van der Waals surface area (Å²) in [5.41, 5.74) is 0.171. The minimum Gasteiger partial charge on any atom is -0.497 e. The summed E-state index contributed by atoms with van der Waals surface area (Å²) in [5.74, 6) is 0.361. The Morgan fingerprint density at radius 1 is 1.11 bits per heavy atom. The molecule has 0 radical (unpaired) electrons. The highest BCUT2D eigenvalue weighted by Crippen LogP contribution is 2.83. The number of hydrogen-bond donors (Lipinski definition) is 0. The van der Waals surface area contributed by atoms with Crippen LogP contribution in [0.5, 0.6) is 5.75 Å². The highest BCUT2D eigenvalue weighted by molar-refractivity contribution is 5.92. The van der Waals surface area contributed by atoms with Gasteiger partial charge in [0.25, 0.3) is 0 Å². The minimum atomic E-state index is -0.746. The monoisotopic (exact) mass is 494 g/mol. The lowest BCUT2D eigenvalue weighted by Gasteiger charge is -2.53. The Morgan fingerprint density at radius 3 is 2.61 bits per heavy atom. The third-order valence-electron chi connectivity index (χ3n) is 10.6. The maximum absolute atomic E-state index is 13.5. The van der Waals surface area contributed by atoms with Gasteiger partial charge in [0.2, 0.25) is 0 Å². The number of ether oxygens (including phenoxy) is 6. The van der Waals surface area contributed by atoms with E-state index in [0.29, 0.717) is 24.3 Å². The molecule has 1 aromatic carbocycles. The van der Waals surface area contributed by atoms with Crippen molar-refractivity contribution in [3.05, 3.63) is 41.0 Å². The third kappa shape index (κ3) is 2.14. The molecule has 7 aliphatic rings. The van der Waals surface area contributed by atoms with Crippen LogP contribution in [-0.2, 0) is 28.5 Å². The normalized spacial score (nSPS) is 48.5. The van der Waals surface area contributed by atoms with Gasteiger partial charge in [-0.25, -0.2) is 9.59 Å². The van der Waals surface area contributed by atoms with Gasteiger partial charge in [-0.3, -0.25) is 0 Å². The van der Waals surface area contributed by atoms with Gasteiger partial charge in [-0.15, -0.1) is 0 Å². The van der Waals surface area contributed by atoms with Crippen LogP contribution in [0.4, 0.5) is 0 Å². The number of cyclic esters (lactones) is 1. The zero-order valence-electron chi connectivity index (χ0n) is 20.9. The van der Waals surface area contributed by atoms with Gasteiger partial charge in [-0.05, 0) is 60.9 Å². The highest BCUT2D eigenvalue weighted by atomic mass is 16.8. The van der Waals surface area contributed by atoms with Crippen LogP contribution in [0.15, 0.2) is 35.4 Å². The van der Waals surface area contributed by atoms with Crippen LogP contribution in [0, 0.1) is 17.3 Å². The Hall–Kier alpha value is -2.42. The summed E-state index contributed by atoms with van der Waals surface area (Å²) in [7, 11) is 1.59. The van der Waals surface area contributed by atoms with Crippen molar-refractivity contribution >= 4 is 11.9 Å². The topological polar surface area (TPSA) is 99.4 Å². The molecule has 4 heterocycles. The van der Waals surface area contributed by atoms with Crippen molar-refractivity contribution in [3.63, 3.8) is 0 Å². The lowest BCUT2D eigenvalue weighted by Crippen LogP contribution is -2.70. The van der Waals surface area contributed by atoms with Crippen LogP contribution in [0.3, 0.4) is 0 Å². The number of esters is 2. The summed E-state index contributed by atoms with van der Waals surface area (Å²) in [4.78, 5) is 25.8. The van der Waals surface area contributed by atoms with Crippen molar-refractivity contribution in [2.75, 3.05) is 13.7 Å². The summed E-state index contributed by atoms with van der Waals surface area (Å²) in [5, 5.41) is 0. The Bertz CT molecular complexity index is 1250. The number of hydrogen-bond acceptors (Lipinski definition) is 8. The fourth-order valence-electron chi connectivity index (χ4n) is 8.74. The molecule has 1 aromatic rings. The Kier molecular flexibility index (Phi) is 3.81. The molecular formula is C28H30O8. The smallest absolute Gasteiger partial charge is 0.338 e. The van der Waals surface area contributed by atoms with E-state index in [1.165, 1.54) is 0 Å². The number of benzene rings is 1. The molecular weight excluding hydrogens is 464 g/mol. The van der Waals surface area contributed by atoms with Crippen LogP contribution in [0.25, 0.3) is 0 Å². The number of epoxide rings is 3. The second kappa shape index (κ2) is 6.34. The molecule has 36 heavy (non-hydrogen) atoms. The molecule has 0 amide bonds. The Labute approximate surface area is 209 Å². The van der Waals surface area contributed by atoms with Crippen LogP contribution in [-0.4, -0.2) is 66.9 Å². The van der Waals surface area contributed by atoms with E-state index in [-0.39, 0.29) is 41.5 Å². The summed E-state index contributed by atoms with van der Waals surface area (Å²) in [6.45, 7) is 6.87. The van der Waals surface area contributed by atoms with E-state index >= 15 is 0 Å². The maximum Gasteiger partial charge on any atom is 0.338 e. The first-order chi connectivity index (χ1) is 17.2. The molecule has 8 rings (SSSR count). The lowest BCUT2D eigenvalue weighted by molar-refractivity contribution is -0.136. The van der Waals surface area contributed by atoms with Crippen molar-refractivity contribution in [1.29, 1.82) is 0 Å². The number of fused-ring (bicyclic) bond motifs is 4. The van der Waals surface area contributed by atoms with Gasteiger partial charge in [0, 0.05) is 11.0 Å². The maximum atomic E-state index is 13.5. The van der Waals surface area contributed by atoms with E-state index in [1.54, 1.807) is 31.4 Å². The van der Waals surface area contributed by atoms with E-state index in [9.17, 15) is 9.59 Å². The lowest BCUT2D eigenvalue weighted by atomic mass is 9.46. The molecule has 3 saturated heterocycles. The first-order valence-electron chi connectivity index (χ1n) is 13.0. The molecule has 8 heteroatoms. The van der Waals surface area contributed by atoms with Crippen molar-refractivity contribution in [2.45, 2.75) is 81.3 Å². The predicted octanol–water partition coefficient (Wildman–Crippen LogP) is 2.98. The van der Waals surface area contributed by atoms with E-state index in [2.05, 4.69) is 20.8 Å². The van der Waals surface area contributed by atoms with Gasteiger partial charge in [0.05, 0.1) is 18.8 Å². The zero-order chi connectivity index (χ0) is 24.8. The Morgan fingerprint density at radius 2 is 1.89 bits per heavy atom. The zero-order valence-corrected chi connectivity index (χ0v) is 20.9. The average molecular weight is 495 g/mol. The Balaban J connectivity index is 1.21. The van der Waals surface area contributed by atoms with Crippen molar-refractivity contribution in [3.8, 4) is 5.75 Å². The number of carbonyl (C=O) groups excluding carboxylic acids is 2. The first-order valence-corrected chi connectivity index (χ1v) is 13.0. The molecule has 3 aliphatic carbocycles. The van der Waals surface area contributed by atoms with Gasteiger partial charge < -0.3 is 28.4 Å². The van der Waals surface area contributed by atoms with Crippen LogP contribution in [0.2, 0.25) is 0 Å². The molecule has 2 spiro atoms. The largest absolute Gasteiger partial charge is 0.497 e. The molecule has 8 nitrogen and oxygen atoms in total. The average Bonchev–Trinajstić information content (AvgIpc) is 3.77. The summed E-state index contributed by atoms with van der Waals surface area (Å²) >= 11 is 0. The van der Waals surface area contributed by atoms with Crippen LogP contribution in [0.1, 0.15) is 50.4 Å². The second-order valence-electron chi connectivity index (χ2n) is 12.0. The van der Waals surface area contributed by atoms with Crippen molar-refractivity contribution in [1.82, 2.24) is 0 Å². The molecule has 9 atom stereocenters. The quantitative estimate of drug-likeness (QED) is 0.465. The molecule has 4 aliphatic heterocycles. The fourth-order valence-corrected chi connectivity index (χ4v) is 8.74.